The van der Waals surface area contributed by atoms with Crippen LogP contribution in [-0.2, 0) is 19.6 Å². The molecule has 0 aromatic heterocycles. The van der Waals surface area contributed by atoms with Gasteiger partial charge in [-0.15, -0.1) is 13.2 Å². The minimum atomic E-state index is -4.87. The number of aliphatic imine (C=N–C) groups is 1. The number of aliphatic hydroxyl groups excluding tert-OH is 1. The number of alkyl halides is 3. The summed E-state index contributed by atoms with van der Waals surface area (Å²) in [6.07, 6.45) is -2.65. The average Bonchev–Trinajstić information content (AvgIpc) is 3.38. The number of piperidine rings is 1. The van der Waals surface area contributed by atoms with Crippen LogP contribution in [0.3, 0.4) is 0 Å². The van der Waals surface area contributed by atoms with E-state index in [1.807, 2.05) is 39.8 Å². The number of nitrogens with zero attached hydrogens (tertiary/aromatic N) is 3. The number of amides is 2. The summed E-state index contributed by atoms with van der Waals surface area (Å²) in [7, 11) is -3.88. The third kappa shape index (κ3) is 6.49. The van der Waals surface area contributed by atoms with Crippen molar-refractivity contribution in [3.05, 3.63) is 64.1 Å². The summed E-state index contributed by atoms with van der Waals surface area (Å²) in [5.74, 6) is -0.872. The van der Waals surface area contributed by atoms with Crippen LogP contribution in [0.25, 0.3) is 6.08 Å². The number of halogens is 3. The van der Waals surface area contributed by atoms with Crippen molar-refractivity contribution in [2.24, 2.45) is 10.4 Å². The normalized spacial score (nSPS) is 21.9. The van der Waals surface area contributed by atoms with Gasteiger partial charge in [0.05, 0.1) is 12.6 Å². The fourth-order valence-corrected chi connectivity index (χ4v) is 7.44. The molecule has 0 bridgehead atoms. The highest BCUT2D eigenvalue weighted by Crippen LogP contribution is 2.40. The van der Waals surface area contributed by atoms with Crippen LogP contribution in [0.4, 0.5) is 18.9 Å². The van der Waals surface area contributed by atoms with Gasteiger partial charge in [-0.05, 0) is 80.1 Å². The molecule has 1 unspecified atom stereocenters. The number of benzene rings is 2. The summed E-state index contributed by atoms with van der Waals surface area (Å²) in [5, 5.41) is 13.6. The number of amidine groups is 1. The number of carbonyl (C=O) groups excluding carboxylic acids is 2. The molecule has 3 aliphatic rings. The van der Waals surface area contributed by atoms with E-state index in [1.165, 1.54) is 22.5 Å². The Morgan fingerprint density at radius 3 is 2.36 bits per heavy atom. The second kappa shape index (κ2) is 11.6. The van der Waals surface area contributed by atoms with Gasteiger partial charge < -0.3 is 20.1 Å². The van der Waals surface area contributed by atoms with Crippen LogP contribution in [0.2, 0.25) is 0 Å². The Kier molecular flexibility index (Phi) is 8.38. The number of carbonyl (C=O) groups is 2. The van der Waals surface area contributed by atoms with Crippen LogP contribution in [0.1, 0.15) is 55.4 Å². The van der Waals surface area contributed by atoms with Crippen LogP contribution in [0, 0.1) is 19.3 Å². The number of nitrogens with one attached hydrogen (secondary N) is 1. The quantitative estimate of drug-likeness (QED) is 0.467. The largest absolute Gasteiger partial charge is 0.573 e. The first-order valence-corrected chi connectivity index (χ1v) is 16.0. The van der Waals surface area contributed by atoms with Crippen molar-refractivity contribution in [1.29, 1.82) is 0 Å². The molecule has 10 nitrogen and oxygen atoms in total. The molecule has 3 heterocycles. The Morgan fingerprint density at radius 2 is 1.76 bits per heavy atom. The van der Waals surface area contributed by atoms with E-state index in [4.69, 9.17) is 0 Å². The van der Waals surface area contributed by atoms with Gasteiger partial charge in [-0.1, -0.05) is 26.0 Å². The Balaban J connectivity index is 1.29. The number of anilines is 1. The molecule has 2 aromatic carbocycles. The van der Waals surface area contributed by atoms with E-state index in [9.17, 15) is 36.3 Å². The van der Waals surface area contributed by atoms with Crippen molar-refractivity contribution in [2.75, 3.05) is 24.6 Å². The summed E-state index contributed by atoms with van der Waals surface area (Å²) in [4.78, 5) is 32.1. The van der Waals surface area contributed by atoms with Crippen LogP contribution in [0.15, 0.2) is 46.8 Å². The number of aryl methyl sites for hydroxylation is 2. The van der Waals surface area contributed by atoms with Gasteiger partial charge >= 0.3 is 6.36 Å². The highest BCUT2D eigenvalue weighted by atomic mass is 32.2. The van der Waals surface area contributed by atoms with Crippen molar-refractivity contribution >= 4 is 39.4 Å². The zero-order valence-corrected chi connectivity index (χ0v) is 26.1. The molecule has 2 N–H and O–H groups in total. The summed E-state index contributed by atoms with van der Waals surface area (Å²) in [6.45, 7) is 7.22. The fourth-order valence-electron chi connectivity index (χ4n) is 6.27. The van der Waals surface area contributed by atoms with Crippen LogP contribution < -0.4 is 15.0 Å². The molecule has 1 atom stereocenters. The smallest absolute Gasteiger partial charge is 0.406 e. The highest BCUT2D eigenvalue weighted by Gasteiger charge is 2.48. The number of sulfonamides is 1. The van der Waals surface area contributed by atoms with Crippen molar-refractivity contribution in [1.82, 2.24) is 9.62 Å². The maximum Gasteiger partial charge on any atom is 0.573 e. The molecule has 0 aliphatic carbocycles. The SMILES string of the molecule is Cc1cc(N2C(=O)C(C)(C)CC2CO)cc(C)c1C=CS(=O)(=O)N1CCC2(CC1)N=C(c1cccc(OC(F)(F)F)c1)NC2=O. The van der Waals surface area contributed by atoms with E-state index in [2.05, 4.69) is 15.0 Å². The summed E-state index contributed by atoms with van der Waals surface area (Å²) in [6, 6.07) is 8.40. The van der Waals surface area contributed by atoms with E-state index in [-0.39, 0.29) is 55.9 Å². The van der Waals surface area contributed by atoms with Crippen LogP contribution >= 0.6 is 0 Å². The molecule has 2 amide bonds. The van der Waals surface area contributed by atoms with Gasteiger partial charge in [0.15, 0.2) is 0 Å². The van der Waals surface area contributed by atoms with Crippen LogP contribution in [-0.4, -0.2) is 73.1 Å². The lowest BCUT2D eigenvalue weighted by Crippen LogP contribution is -2.50. The Labute approximate surface area is 259 Å². The van der Waals surface area contributed by atoms with Gasteiger partial charge in [-0.25, -0.2) is 8.42 Å². The van der Waals surface area contributed by atoms with E-state index in [0.29, 0.717) is 17.7 Å². The third-order valence-electron chi connectivity index (χ3n) is 8.61. The topological polar surface area (TPSA) is 129 Å². The van der Waals surface area contributed by atoms with Gasteiger partial charge in [0.2, 0.25) is 15.9 Å². The molecule has 0 saturated carbocycles. The Hall–Kier alpha value is -3.75. The van der Waals surface area contributed by atoms with Crippen molar-refractivity contribution in [3.63, 3.8) is 0 Å². The van der Waals surface area contributed by atoms with Crippen molar-refractivity contribution in [2.45, 2.75) is 64.9 Å². The van der Waals surface area contributed by atoms with Gasteiger partial charge in [-0.3, -0.25) is 14.6 Å². The van der Waals surface area contributed by atoms with Crippen molar-refractivity contribution < 1.29 is 41.0 Å². The van der Waals surface area contributed by atoms with Gasteiger partial charge in [-0.2, -0.15) is 4.31 Å². The Bertz CT molecular complexity index is 1670. The number of rotatable bonds is 7. The molecule has 3 aliphatic heterocycles. The lowest BCUT2D eigenvalue weighted by Gasteiger charge is -2.34. The molecule has 0 radical (unpaired) electrons. The highest BCUT2D eigenvalue weighted by molar-refractivity contribution is 7.92. The fraction of sp³-hybridized carbons (Fsp3) is 0.452. The average molecular weight is 649 g/mol. The molecule has 1 spiro atoms. The molecule has 2 aromatic rings. The number of aliphatic hydroxyl groups is 1. The molecular weight excluding hydrogens is 613 g/mol. The number of ether oxygens (including phenoxy) is 1. The first-order chi connectivity index (χ1) is 20.9. The summed E-state index contributed by atoms with van der Waals surface area (Å²) < 4.78 is 69.8. The lowest BCUT2D eigenvalue weighted by molar-refractivity contribution is -0.274. The van der Waals surface area contributed by atoms with Gasteiger partial charge in [0.25, 0.3) is 5.91 Å². The maximum atomic E-state index is 13.3. The second-order valence-electron chi connectivity index (χ2n) is 12.4. The van der Waals surface area contributed by atoms with Gasteiger partial charge in [0.1, 0.15) is 17.1 Å². The van der Waals surface area contributed by atoms with E-state index in [1.54, 1.807) is 4.90 Å². The molecular formula is C31H35F3N4O6S. The minimum absolute atomic E-state index is 0.0143. The molecule has 45 heavy (non-hydrogen) atoms. The predicted molar refractivity (Wildman–Crippen MR) is 162 cm³/mol. The molecule has 242 valence electrons. The predicted octanol–water partition coefficient (Wildman–Crippen LogP) is 4.04. The molecule has 2 saturated heterocycles. The summed E-state index contributed by atoms with van der Waals surface area (Å²) in [5.41, 5.74) is 1.26. The standard InChI is InChI=1S/C31H35F3N4O6S/c1-19-14-22(38-23(18-39)17-29(3,4)28(38)41)15-20(2)25(19)8-13-45(42,43)37-11-9-30(10-12-37)27(40)35-26(36-30)21-6-5-7-24(16-21)44-31(32,33)34/h5-8,13-16,23,39H,9-12,17-18H2,1-4H3,(H,35,36,40). The maximum absolute atomic E-state index is 13.3. The number of hydrogen-bond donors (Lipinski definition) is 2. The number of hydrogen-bond acceptors (Lipinski definition) is 7. The Morgan fingerprint density at radius 1 is 1.11 bits per heavy atom. The second-order valence-corrected chi connectivity index (χ2v) is 14.2. The zero-order valence-electron chi connectivity index (χ0n) is 25.3. The zero-order chi connectivity index (χ0) is 32.9. The van der Waals surface area contributed by atoms with Crippen LogP contribution in [0.5, 0.6) is 5.75 Å². The first-order valence-electron chi connectivity index (χ1n) is 14.5. The van der Waals surface area contributed by atoms with Gasteiger partial charge in [0, 0.05) is 35.2 Å². The molecule has 2 fully saturated rings. The van der Waals surface area contributed by atoms with E-state index >= 15 is 0 Å². The monoisotopic (exact) mass is 648 g/mol. The summed E-state index contributed by atoms with van der Waals surface area (Å²) >= 11 is 0. The molecule has 14 heteroatoms. The first kappa shape index (κ1) is 32.6. The van der Waals surface area contributed by atoms with E-state index in [0.717, 1.165) is 28.7 Å². The van der Waals surface area contributed by atoms with E-state index < -0.39 is 39.0 Å². The lowest BCUT2D eigenvalue weighted by atomic mass is 9.89. The minimum Gasteiger partial charge on any atom is -0.406 e. The molecule has 5 rings (SSSR count). The van der Waals surface area contributed by atoms with Crippen molar-refractivity contribution in [3.8, 4) is 5.75 Å². The third-order valence-corrected chi connectivity index (χ3v) is 10.2.